The third-order valence-corrected chi connectivity index (χ3v) is 2.34. The Kier molecular flexibility index (Phi) is 4.06. The van der Waals surface area contributed by atoms with Gasteiger partial charge < -0.3 is 10.8 Å². The maximum absolute atomic E-state index is 9.24. The Balaban J connectivity index is 2.50. The van der Waals surface area contributed by atoms with Crippen molar-refractivity contribution in [1.82, 2.24) is 0 Å². The molecule has 72 valence electrons. The molecule has 13 heavy (non-hydrogen) atoms. The van der Waals surface area contributed by atoms with Crippen LogP contribution in [-0.4, -0.2) is 17.1 Å². The standard InChI is InChI=1S/C10H14ClNO/c11-7-9(13)6-5-8-3-1-2-4-10(8)12/h1-4,9,13H,5-7,12H2. The Bertz CT molecular complexity index is 265. The summed E-state index contributed by atoms with van der Waals surface area (Å²) in [5.74, 6) is 0.284. The number of nitrogens with two attached hydrogens (primary N) is 1. The quantitative estimate of drug-likeness (QED) is 0.574. The van der Waals surface area contributed by atoms with E-state index in [1.165, 1.54) is 0 Å². The first-order chi connectivity index (χ1) is 6.24. The molecule has 0 aliphatic carbocycles. The van der Waals surface area contributed by atoms with Crippen LogP contribution in [0.25, 0.3) is 0 Å². The van der Waals surface area contributed by atoms with Gasteiger partial charge in [-0.3, -0.25) is 0 Å². The number of aryl methyl sites for hydroxylation is 1. The molecule has 1 rings (SSSR count). The second kappa shape index (κ2) is 5.10. The number of aliphatic hydroxyl groups is 1. The van der Waals surface area contributed by atoms with E-state index < -0.39 is 6.10 Å². The molecular formula is C10H14ClNO. The zero-order chi connectivity index (χ0) is 9.68. The van der Waals surface area contributed by atoms with Gasteiger partial charge in [-0.1, -0.05) is 18.2 Å². The zero-order valence-electron chi connectivity index (χ0n) is 7.41. The van der Waals surface area contributed by atoms with E-state index in [0.29, 0.717) is 6.42 Å². The van der Waals surface area contributed by atoms with Crippen LogP contribution in [0.15, 0.2) is 24.3 Å². The lowest BCUT2D eigenvalue weighted by Gasteiger charge is -2.07. The Hall–Kier alpha value is -0.730. The van der Waals surface area contributed by atoms with Gasteiger partial charge in [-0.05, 0) is 24.5 Å². The van der Waals surface area contributed by atoms with Gasteiger partial charge >= 0.3 is 0 Å². The molecular weight excluding hydrogens is 186 g/mol. The summed E-state index contributed by atoms with van der Waals surface area (Å²) in [6, 6.07) is 7.67. The second-order valence-corrected chi connectivity index (χ2v) is 3.35. The van der Waals surface area contributed by atoms with Gasteiger partial charge in [0.1, 0.15) is 0 Å². The molecule has 0 spiro atoms. The van der Waals surface area contributed by atoms with Crippen molar-refractivity contribution in [3.8, 4) is 0 Å². The van der Waals surface area contributed by atoms with Gasteiger partial charge in [0, 0.05) is 11.6 Å². The SMILES string of the molecule is Nc1ccccc1CCC(O)CCl. The van der Waals surface area contributed by atoms with Crippen LogP contribution in [0, 0.1) is 0 Å². The zero-order valence-corrected chi connectivity index (χ0v) is 8.17. The fourth-order valence-corrected chi connectivity index (χ4v) is 1.32. The number of nitrogen functional groups attached to an aromatic ring is 1. The maximum atomic E-state index is 9.24. The molecule has 1 aromatic rings. The summed E-state index contributed by atoms with van der Waals surface area (Å²) in [6.45, 7) is 0. The first-order valence-corrected chi connectivity index (χ1v) is 4.85. The number of alkyl halides is 1. The molecule has 0 fully saturated rings. The molecule has 1 atom stereocenters. The van der Waals surface area contributed by atoms with E-state index in [2.05, 4.69) is 0 Å². The lowest BCUT2D eigenvalue weighted by Crippen LogP contribution is -2.09. The predicted octanol–water partition coefficient (Wildman–Crippen LogP) is 1.80. The number of hydrogen-bond acceptors (Lipinski definition) is 2. The van der Waals surface area contributed by atoms with Gasteiger partial charge in [0.25, 0.3) is 0 Å². The van der Waals surface area contributed by atoms with Crippen molar-refractivity contribution in [3.63, 3.8) is 0 Å². The average Bonchev–Trinajstić information content (AvgIpc) is 2.16. The summed E-state index contributed by atoms with van der Waals surface area (Å²) in [5.41, 5.74) is 7.59. The second-order valence-electron chi connectivity index (χ2n) is 3.05. The molecule has 0 amide bonds. The smallest absolute Gasteiger partial charge is 0.0678 e. The van der Waals surface area contributed by atoms with Gasteiger partial charge in [-0.25, -0.2) is 0 Å². The Labute approximate surface area is 83.3 Å². The van der Waals surface area contributed by atoms with Crippen LogP contribution >= 0.6 is 11.6 Å². The van der Waals surface area contributed by atoms with Crippen molar-refractivity contribution in [3.05, 3.63) is 29.8 Å². The fourth-order valence-electron chi connectivity index (χ4n) is 1.16. The fraction of sp³-hybridized carbons (Fsp3) is 0.400. The largest absolute Gasteiger partial charge is 0.399 e. The Morgan fingerprint density at radius 2 is 2.08 bits per heavy atom. The first-order valence-electron chi connectivity index (χ1n) is 4.31. The number of aliphatic hydroxyl groups excluding tert-OH is 1. The van der Waals surface area contributed by atoms with E-state index >= 15 is 0 Å². The highest BCUT2D eigenvalue weighted by Gasteiger charge is 2.03. The van der Waals surface area contributed by atoms with Crippen LogP contribution in [0.2, 0.25) is 0 Å². The summed E-state index contributed by atoms with van der Waals surface area (Å²) < 4.78 is 0. The molecule has 0 radical (unpaired) electrons. The topological polar surface area (TPSA) is 46.2 Å². The molecule has 0 saturated heterocycles. The predicted molar refractivity (Wildman–Crippen MR) is 55.9 cm³/mol. The number of rotatable bonds is 4. The third-order valence-electron chi connectivity index (χ3n) is 1.98. The lowest BCUT2D eigenvalue weighted by molar-refractivity contribution is 0.188. The maximum Gasteiger partial charge on any atom is 0.0678 e. The highest BCUT2D eigenvalue weighted by molar-refractivity contribution is 6.18. The molecule has 1 unspecified atom stereocenters. The lowest BCUT2D eigenvalue weighted by atomic mass is 10.1. The molecule has 0 bridgehead atoms. The summed E-state index contributed by atoms with van der Waals surface area (Å²) >= 11 is 5.48. The molecule has 0 aliphatic heterocycles. The number of para-hydroxylation sites is 1. The third kappa shape index (κ3) is 3.25. The molecule has 1 aromatic carbocycles. The molecule has 0 heterocycles. The molecule has 3 N–H and O–H groups in total. The van der Waals surface area contributed by atoms with E-state index in [9.17, 15) is 5.11 Å². The average molecular weight is 200 g/mol. The van der Waals surface area contributed by atoms with Crippen molar-refractivity contribution < 1.29 is 5.11 Å². The van der Waals surface area contributed by atoms with E-state index in [0.717, 1.165) is 17.7 Å². The Morgan fingerprint density at radius 1 is 1.38 bits per heavy atom. The van der Waals surface area contributed by atoms with Crippen LogP contribution in [0.4, 0.5) is 5.69 Å². The van der Waals surface area contributed by atoms with Gasteiger partial charge in [0.15, 0.2) is 0 Å². The minimum Gasteiger partial charge on any atom is -0.399 e. The molecule has 0 aliphatic rings. The molecule has 0 aromatic heterocycles. The van der Waals surface area contributed by atoms with E-state index in [4.69, 9.17) is 17.3 Å². The number of anilines is 1. The number of halogens is 1. The molecule has 0 saturated carbocycles. The van der Waals surface area contributed by atoms with Crippen LogP contribution in [0.1, 0.15) is 12.0 Å². The van der Waals surface area contributed by atoms with Crippen LogP contribution < -0.4 is 5.73 Å². The van der Waals surface area contributed by atoms with Crippen molar-refractivity contribution in [2.24, 2.45) is 0 Å². The van der Waals surface area contributed by atoms with Gasteiger partial charge in [-0.2, -0.15) is 0 Å². The summed E-state index contributed by atoms with van der Waals surface area (Å²) in [5, 5.41) is 9.24. The van der Waals surface area contributed by atoms with E-state index in [1.54, 1.807) is 0 Å². The van der Waals surface area contributed by atoms with Gasteiger partial charge in [0.2, 0.25) is 0 Å². The van der Waals surface area contributed by atoms with Crippen molar-refractivity contribution >= 4 is 17.3 Å². The summed E-state index contributed by atoms with van der Waals surface area (Å²) in [4.78, 5) is 0. The van der Waals surface area contributed by atoms with Crippen LogP contribution in [-0.2, 0) is 6.42 Å². The van der Waals surface area contributed by atoms with E-state index in [1.807, 2.05) is 24.3 Å². The Morgan fingerprint density at radius 3 is 2.69 bits per heavy atom. The van der Waals surface area contributed by atoms with Gasteiger partial charge in [0.05, 0.1) is 6.10 Å². The van der Waals surface area contributed by atoms with Crippen molar-refractivity contribution in [2.45, 2.75) is 18.9 Å². The van der Waals surface area contributed by atoms with Crippen LogP contribution in [0.5, 0.6) is 0 Å². The minimum atomic E-state index is -0.429. The molecule has 3 heteroatoms. The first kappa shape index (κ1) is 10.4. The molecule has 2 nitrogen and oxygen atoms in total. The van der Waals surface area contributed by atoms with Crippen LogP contribution in [0.3, 0.4) is 0 Å². The van der Waals surface area contributed by atoms with Crippen molar-refractivity contribution in [2.75, 3.05) is 11.6 Å². The van der Waals surface area contributed by atoms with E-state index in [-0.39, 0.29) is 5.88 Å². The van der Waals surface area contributed by atoms with Crippen molar-refractivity contribution in [1.29, 1.82) is 0 Å². The number of hydrogen-bond donors (Lipinski definition) is 2. The minimum absolute atomic E-state index is 0.284. The van der Waals surface area contributed by atoms with Gasteiger partial charge in [-0.15, -0.1) is 11.6 Å². The summed E-state index contributed by atoms with van der Waals surface area (Å²) in [7, 11) is 0. The number of benzene rings is 1. The highest BCUT2D eigenvalue weighted by Crippen LogP contribution is 2.13. The summed E-state index contributed by atoms with van der Waals surface area (Å²) in [6.07, 6.45) is 1.01. The monoisotopic (exact) mass is 199 g/mol. The normalized spacial score (nSPS) is 12.8. The highest BCUT2D eigenvalue weighted by atomic mass is 35.5.